The van der Waals surface area contributed by atoms with Gasteiger partial charge in [-0.05, 0) is 38.1 Å². The van der Waals surface area contributed by atoms with E-state index in [2.05, 4.69) is 0 Å². The van der Waals surface area contributed by atoms with Gasteiger partial charge in [0.1, 0.15) is 18.5 Å². The normalized spacial score (nSPS) is 17.4. The van der Waals surface area contributed by atoms with E-state index in [-0.39, 0.29) is 12.0 Å². The van der Waals surface area contributed by atoms with Gasteiger partial charge in [0.05, 0.1) is 23.7 Å². The zero-order valence-corrected chi connectivity index (χ0v) is 15.3. The first-order valence-corrected chi connectivity index (χ1v) is 8.77. The molecule has 1 saturated heterocycles. The SMILES string of the molecule is Cc1ccc(OCC2CN(C(=O)c3cc(C)ccc3Cl)CCO2)cc1. The smallest absolute Gasteiger partial charge is 0.255 e. The topological polar surface area (TPSA) is 38.8 Å². The van der Waals surface area contributed by atoms with Crippen LogP contribution in [0.1, 0.15) is 21.5 Å². The lowest BCUT2D eigenvalue weighted by Gasteiger charge is -2.33. The fourth-order valence-corrected chi connectivity index (χ4v) is 3.00. The lowest BCUT2D eigenvalue weighted by molar-refractivity contribution is -0.0401. The average Bonchev–Trinajstić information content (AvgIpc) is 2.63. The van der Waals surface area contributed by atoms with Gasteiger partial charge in [-0.25, -0.2) is 0 Å². The number of rotatable bonds is 4. The average molecular weight is 360 g/mol. The van der Waals surface area contributed by atoms with E-state index in [1.807, 2.05) is 50.2 Å². The Labute approximate surface area is 153 Å². The van der Waals surface area contributed by atoms with Crippen molar-refractivity contribution in [1.29, 1.82) is 0 Å². The molecule has 1 fully saturated rings. The lowest BCUT2D eigenvalue weighted by atomic mass is 10.1. The van der Waals surface area contributed by atoms with Crippen LogP contribution in [-0.2, 0) is 4.74 Å². The number of halogens is 1. The second kappa shape index (κ2) is 7.89. The molecule has 0 N–H and O–H groups in total. The third kappa shape index (κ3) is 4.53. The maximum Gasteiger partial charge on any atom is 0.255 e. The van der Waals surface area contributed by atoms with Gasteiger partial charge in [-0.1, -0.05) is 40.9 Å². The van der Waals surface area contributed by atoms with Crippen molar-refractivity contribution < 1.29 is 14.3 Å². The molecule has 1 atom stereocenters. The van der Waals surface area contributed by atoms with E-state index in [0.29, 0.717) is 36.9 Å². The molecule has 0 aliphatic carbocycles. The van der Waals surface area contributed by atoms with Crippen molar-refractivity contribution in [2.45, 2.75) is 20.0 Å². The van der Waals surface area contributed by atoms with Crippen LogP contribution < -0.4 is 4.74 Å². The molecule has 2 aromatic carbocycles. The van der Waals surface area contributed by atoms with Crippen LogP contribution in [0.5, 0.6) is 5.75 Å². The number of aryl methyl sites for hydroxylation is 2. The highest BCUT2D eigenvalue weighted by Crippen LogP contribution is 2.21. The van der Waals surface area contributed by atoms with Crippen molar-refractivity contribution in [1.82, 2.24) is 4.90 Å². The monoisotopic (exact) mass is 359 g/mol. The summed E-state index contributed by atoms with van der Waals surface area (Å²) < 4.78 is 11.5. The fourth-order valence-electron chi connectivity index (χ4n) is 2.80. The molecule has 3 rings (SSSR count). The van der Waals surface area contributed by atoms with E-state index in [9.17, 15) is 4.79 Å². The number of ether oxygens (including phenoxy) is 2. The third-order valence-corrected chi connectivity index (χ3v) is 4.56. The highest BCUT2D eigenvalue weighted by molar-refractivity contribution is 6.33. The van der Waals surface area contributed by atoms with E-state index in [4.69, 9.17) is 21.1 Å². The van der Waals surface area contributed by atoms with Crippen molar-refractivity contribution >= 4 is 17.5 Å². The van der Waals surface area contributed by atoms with E-state index in [1.165, 1.54) is 5.56 Å². The minimum Gasteiger partial charge on any atom is -0.491 e. The van der Waals surface area contributed by atoms with Gasteiger partial charge in [-0.15, -0.1) is 0 Å². The molecule has 1 aliphatic rings. The molecule has 1 amide bonds. The Bertz CT molecular complexity index is 745. The maximum absolute atomic E-state index is 12.8. The zero-order chi connectivity index (χ0) is 17.8. The predicted molar refractivity (Wildman–Crippen MR) is 98.5 cm³/mol. The number of hydrogen-bond acceptors (Lipinski definition) is 3. The first kappa shape index (κ1) is 17.8. The Hall–Kier alpha value is -2.04. The Morgan fingerprint density at radius 1 is 1.20 bits per heavy atom. The standard InChI is InChI=1S/C20H22ClNO3/c1-14-3-6-16(7-4-14)25-13-17-12-22(9-10-24-17)20(23)18-11-15(2)5-8-19(18)21/h3-8,11,17H,9-10,12-13H2,1-2H3. The van der Waals surface area contributed by atoms with E-state index in [0.717, 1.165) is 11.3 Å². The molecule has 25 heavy (non-hydrogen) atoms. The van der Waals surface area contributed by atoms with Gasteiger partial charge in [0.15, 0.2) is 0 Å². The van der Waals surface area contributed by atoms with Gasteiger partial charge in [-0.3, -0.25) is 4.79 Å². The largest absolute Gasteiger partial charge is 0.491 e. The van der Waals surface area contributed by atoms with Crippen LogP contribution in [-0.4, -0.2) is 43.2 Å². The van der Waals surface area contributed by atoms with Gasteiger partial charge in [0.25, 0.3) is 5.91 Å². The van der Waals surface area contributed by atoms with Crippen LogP contribution >= 0.6 is 11.6 Å². The summed E-state index contributed by atoms with van der Waals surface area (Å²) in [7, 11) is 0. The van der Waals surface area contributed by atoms with Crippen LogP contribution in [0.2, 0.25) is 5.02 Å². The van der Waals surface area contributed by atoms with Gasteiger partial charge in [0.2, 0.25) is 0 Å². The highest BCUT2D eigenvalue weighted by atomic mass is 35.5. The van der Waals surface area contributed by atoms with Gasteiger partial charge >= 0.3 is 0 Å². The van der Waals surface area contributed by atoms with Gasteiger partial charge in [0, 0.05) is 6.54 Å². The van der Waals surface area contributed by atoms with Crippen molar-refractivity contribution in [3.63, 3.8) is 0 Å². The second-order valence-corrected chi connectivity index (χ2v) is 6.76. The quantitative estimate of drug-likeness (QED) is 0.831. The second-order valence-electron chi connectivity index (χ2n) is 6.35. The zero-order valence-electron chi connectivity index (χ0n) is 14.5. The van der Waals surface area contributed by atoms with E-state index in [1.54, 1.807) is 11.0 Å². The number of carbonyl (C=O) groups is 1. The Kier molecular flexibility index (Phi) is 5.61. The summed E-state index contributed by atoms with van der Waals surface area (Å²) in [5.41, 5.74) is 2.75. The van der Waals surface area contributed by atoms with E-state index < -0.39 is 0 Å². The molecule has 0 spiro atoms. The predicted octanol–water partition coefficient (Wildman–Crippen LogP) is 3.88. The number of benzene rings is 2. The maximum atomic E-state index is 12.8. The highest BCUT2D eigenvalue weighted by Gasteiger charge is 2.26. The Morgan fingerprint density at radius 2 is 1.92 bits per heavy atom. The van der Waals surface area contributed by atoms with Crippen LogP contribution in [0.25, 0.3) is 0 Å². The molecule has 0 aromatic heterocycles. The summed E-state index contributed by atoms with van der Waals surface area (Å²) in [4.78, 5) is 14.6. The summed E-state index contributed by atoms with van der Waals surface area (Å²) in [5, 5.41) is 0.481. The van der Waals surface area contributed by atoms with E-state index >= 15 is 0 Å². The first-order chi connectivity index (χ1) is 12.0. The van der Waals surface area contributed by atoms with Crippen molar-refractivity contribution in [2.24, 2.45) is 0 Å². The molecule has 132 valence electrons. The number of amides is 1. The summed E-state index contributed by atoms with van der Waals surface area (Å²) in [6.07, 6.45) is -0.150. The molecule has 1 heterocycles. The minimum absolute atomic E-state index is 0.0580. The molecular formula is C20H22ClNO3. The van der Waals surface area contributed by atoms with Crippen LogP contribution in [0.15, 0.2) is 42.5 Å². The third-order valence-electron chi connectivity index (χ3n) is 4.24. The molecule has 0 saturated carbocycles. The molecule has 2 aromatic rings. The van der Waals surface area contributed by atoms with Crippen molar-refractivity contribution in [3.8, 4) is 5.75 Å². The molecule has 1 aliphatic heterocycles. The number of hydrogen-bond donors (Lipinski definition) is 0. The number of carbonyl (C=O) groups excluding carboxylic acids is 1. The fraction of sp³-hybridized carbons (Fsp3) is 0.350. The lowest BCUT2D eigenvalue weighted by Crippen LogP contribution is -2.47. The molecule has 5 heteroatoms. The number of morpholine rings is 1. The van der Waals surface area contributed by atoms with Crippen LogP contribution in [0, 0.1) is 13.8 Å². The minimum atomic E-state index is -0.150. The van der Waals surface area contributed by atoms with Crippen LogP contribution in [0.4, 0.5) is 0 Å². The summed E-state index contributed by atoms with van der Waals surface area (Å²) >= 11 is 6.20. The Morgan fingerprint density at radius 3 is 2.68 bits per heavy atom. The molecule has 0 radical (unpaired) electrons. The van der Waals surface area contributed by atoms with Gasteiger partial charge < -0.3 is 14.4 Å². The summed E-state index contributed by atoms with van der Waals surface area (Å²) in [5.74, 6) is 0.747. The summed E-state index contributed by atoms with van der Waals surface area (Å²) in [6.45, 7) is 5.95. The Balaban J connectivity index is 1.61. The van der Waals surface area contributed by atoms with Crippen LogP contribution in [0.3, 0.4) is 0 Å². The molecule has 1 unspecified atom stereocenters. The number of nitrogens with zero attached hydrogens (tertiary/aromatic N) is 1. The van der Waals surface area contributed by atoms with Crippen molar-refractivity contribution in [3.05, 3.63) is 64.2 Å². The molecular weight excluding hydrogens is 338 g/mol. The van der Waals surface area contributed by atoms with Gasteiger partial charge in [-0.2, -0.15) is 0 Å². The molecule has 4 nitrogen and oxygen atoms in total. The summed E-state index contributed by atoms with van der Waals surface area (Å²) in [6, 6.07) is 13.4. The first-order valence-electron chi connectivity index (χ1n) is 8.39. The molecule has 0 bridgehead atoms. The van der Waals surface area contributed by atoms with Crippen molar-refractivity contribution in [2.75, 3.05) is 26.3 Å².